The van der Waals surface area contributed by atoms with Gasteiger partial charge >= 0.3 is 0 Å². The summed E-state index contributed by atoms with van der Waals surface area (Å²) in [5.74, 6) is 0. The molecule has 0 unspecified atom stereocenters. The van der Waals surface area contributed by atoms with Crippen molar-refractivity contribution in [1.82, 2.24) is 4.57 Å². The molecule has 0 saturated heterocycles. The molecule has 0 bridgehead atoms. The molecule has 11 aromatic rings. The summed E-state index contributed by atoms with van der Waals surface area (Å²) in [6.07, 6.45) is 0. The SMILES string of the molecule is c1ccc(N(c2ccccc2)c2cc3ccc4cc(N(c5ccccc5)c5ccccc5)cc5c4c3c(c2)n5-c2ccc(-c3cccc4ccccc34)cc2)cc1. The van der Waals surface area contributed by atoms with Crippen molar-refractivity contribution in [2.75, 3.05) is 9.80 Å². The first-order chi connectivity index (χ1) is 28.3. The summed E-state index contributed by atoms with van der Waals surface area (Å²) >= 11 is 0. The lowest BCUT2D eigenvalue weighted by atomic mass is 9.98. The van der Waals surface area contributed by atoms with E-state index in [1.807, 2.05) is 0 Å². The summed E-state index contributed by atoms with van der Waals surface area (Å²) in [4.78, 5) is 4.73. The Labute approximate surface area is 331 Å². The Morgan fingerprint density at radius 2 is 0.719 bits per heavy atom. The van der Waals surface area contributed by atoms with Gasteiger partial charge in [-0.3, -0.25) is 0 Å². The fourth-order valence-corrected chi connectivity index (χ4v) is 8.74. The molecular weight excluding hydrogens is 691 g/mol. The normalized spacial score (nSPS) is 11.5. The minimum Gasteiger partial charge on any atom is -0.310 e. The molecule has 57 heavy (non-hydrogen) atoms. The van der Waals surface area contributed by atoms with Crippen LogP contribution in [0.5, 0.6) is 0 Å². The van der Waals surface area contributed by atoms with Crippen molar-refractivity contribution in [3.05, 3.63) is 224 Å². The predicted octanol–water partition coefficient (Wildman–Crippen LogP) is 15.1. The summed E-state index contributed by atoms with van der Waals surface area (Å²) in [6.45, 7) is 0. The van der Waals surface area contributed by atoms with Gasteiger partial charge in [-0.2, -0.15) is 0 Å². The van der Waals surface area contributed by atoms with Gasteiger partial charge in [0.2, 0.25) is 0 Å². The zero-order valence-corrected chi connectivity index (χ0v) is 31.2. The predicted molar refractivity (Wildman–Crippen MR) is 242 cm³/mol. The number of hydrogen-bond donors (Lipinski definition) is 0. The van der Waals surface area contributed by atoms with Crippen LogP contribution < -0.4 is 9.80 Å². The maximum Gasteiger partial charge on any atom is 0.0568 e. The molecule has 268 valence electrons. The first kappa shape index (κ1) is 32.8. The Hall–Kier alpha value is -7.62. The van der Waals surface area contributed by atoms with E-state index in [1.165, 1.54) is 54.5 Å². The lowest BCUT2D eigenvalue weighted by molar-refractivity contribution is 1.17. The van der Waals surface area contributed by atoms with Crippen molar-refractivity contribution < 1.29 is 0 Å². The van der Waals surface area contributed by atoms with E-state index in [2.05, 4.69) is 239 Å². The molecule has 0 N–H and O–H groups in total. The second-order valence-corrected chi connectivity index (χ2v) is 14.6. The zero-order chi connectivity index (χ0) is 37.7. The highest BCUT2D eigenvalue weighted by molar-refractivity contribution is 6.26. The Morgan fingerprint density at radius 3 is 1.19 bits per heavy atom. The van der Waals surface area contributed by atoms with E-state index in [1.54, 1.807) is 0 Å². The third kappa shape index (κ3) is 5.60. The highest BCUT2D eigenvalue weighted by atomic mass is 15.2. The van der Waals surface area contributed by atoms with Crippen LogP contribution in [0.4, 0.5) is 34.1 Å². The van der Waals surface area contributed by atoms with E-state index in [0.717, 1.165) is 39.8 Å². The average Bonchev–Trinajstić information content (AvgIpc) is 3.61. The van der Waals surface area contributed by atoms with Crippen LogP contribution in [0.3, 0.4) is 0 Å². The van der Waals surface area contributed by atoms with Crippen molar-refractivity contribution in [1.29, 1.82) is 0 Å². The highest BCUT2D eigenvalue weighted by Crippen LogP contribution is 2.47. The van der Waals surface area contributed by atoms with Gasteiger partial charge in [-0.05, 0) is 118 Å². The first-order valence-electron chi connectivity index (χ1n) is 19.5. The minimum absolute atomic E-state index is 1.11. The van der Waals surface area contributed by atoms with Crippen molar-refractivity contribution in [3.63, 3.8) is 0 Å². The fourth-order valence-electron chi connectivity index (χ4n) is 8.74. The molecule has 1 heterocycles. The van der Waals surface area contributed by atoms with Gasteiger partial charge in [-0.25, -0.2) is 0 Å². The van der Waals surface area contributed by atoms with E-state index < -0.39 is 0 Å². The molecular formula is C54H37N3. The van der Waals surface area contributed by atoms with E-state index in [4.69, 9.17) is 0 Å². The zero-order valence-electron chi connectivity index (χ0n) is 31.2. The van der Waals surface area contributed by atoms with Gasteiger partial charge in [0.15, 0.2) is 0 Å². The number of fused-ring (bicyclic) bond motifs is 1. The summed E-state index contributed by atoms with van der Waals surface area (Å²) in [5, 5.41) is 7.45. The number of anilines is 6. The van der Waals surface area contributed by atoms with E-state index in [9.17, 15) is 0 Å². The molecule has 0 fully saturated rings. The van der Waals surface area contributed by atoms with Crippen LogP contribution in [0.25, 0.3) is 60.2 Å². The number of benzene rings is 10. The fraction of sp³-hybridized carbons (Fsp3) is 0. The lowest BCUT2D eigenvalue weighted by Crippen LogP contribution is -2.10. The van der Waals surface area contributed by atoms with Gasteiger partial charge in [0.1, 0.15) is 0 Å². The topological polar surface area (TPSA) is 11.4 Å². The Balaban J connectivity index is 1.19. The molecule has 11 rings (SSSR count). The van der Waals surface area contributed by atoms with Crippen molar-refractivity contribution >= 4 is 77.5 Å². The number of nitrogens with zero attached hydrogens (tertiary/aromatic N) is 3. The number of aromatic nitrogens is 1. The van der Waals surface area contributed by atoms with Crippen LogP contribution in [-0.4, -0.2) is 4.57 Å². The largest absolute Gasteiger partial charge is 0.310 e. The number of rotatable bonds is 8. The van der Waals surface area contributed by atoms with Gasteiger partial charge in [0.05, 0.1) is 11.0 Å². The maximum atomic E-state index is 2.48. The molecule has 10 aromatic carbocycles. The summed E-state index contributed by atoms with van der Waals surface area (Å²) < 4.78 is 2.48. The monoisotopic (exact) mass is 727 g/mol. The minimum atomic E-state index is 1.11. The Kier molecular flexibility index (Phi) is 7.82. The first-order valence-corrected chi connectivity index (χ1v) is 19.5. The third-order valence-electron chi connectivity index (χ3n) is 11.2. The quantitative estimate of drug-likeness (QED) is 0.144. The summed E-state index contributed by atoms with van der Waals surface area (Å²) in [7, 11) is 0. The molecule has 0 atom stereocenters. The van der Waals surface area contributed by atoms with Crippen LogP contribution in [0.2, 0.25) is 0 Å². The van der Waals surface area contributed by atoms with E-state index >= 15 is 0 Å². The summed E-state index contributed by atoms with van der Waals surface area (Å²) in [5.41, 5.74) is 12.5. The molecule has 0 spiro atoms. The molecule has 3 nitrogen and oxygen atoms in total. The van der Waals surface area contributed by atoms with Gasteiger partial charge in [-0.15, -0.1) is 0 Å². The van der Waals surface area contributed by atoms with Crippen LogP contribution in [-0.2, 0) is 0 Å². The van der Waals surface area contributed by atoms with Crippen molar-refractivity contribution in [3.8, 4) is 16.8 Å². The molecule has 0 aliphatic heterocycles. The van der Waals surface area contributed by atoms with Crippen LogP contribution in [0, 0.1) is 0 Å². The Morgan fingerprint density at radius 1 is 0.298 bits per heavy atom. The molecule has 0 aliphatic rings. The van der Waals surface area contributed by atoms with Crippen LogP contribution in [0.15, 0.2) is 224 Å². The van der Waals surface area contributed by atoms with E-state index in [-0.39, 0.29) is 0 Å². The second-order valence-electron chi connectivity index (χ2n) is 14.6. The molecule has 0 aliphatic carbocycles. The maximum absolute atomic E-state index is 2.48. The van der Waals surface area contributed by atoms with Crippen LogP contribution in [0.1, 0.15) is 0 Å². The third-order valence-corrected chi connectivity index (χ3v) is 11.2. The summed E-state index contributed by atoms with van der Waals surface area (Å²) in [6, 6.07) is 81.1. The van der Waals surface area contributed by atoms with E-state index in [0.29, 0.717) is 0 Å². The molecule has 3 heteroatoms. The van der Waals surface area contributed by atoms with Crippen molar-refractivity contribution in [2.24, 2.45) is 0 Å². The number of hydrogen-bond acceptors (Lipinski definition) is 2. The molecule has 1 aromatic heterocycles. The van der Waals surface area contributed by atoms with Gasteiger partial charge in [-0.1, -0.05) is 140 Å². The molecule has 0 saturated carbocycles. The molecule has 0 radical (unpaired) electrons. The Bertz CT molecular complexity index is 2920. The number of para-hydroxylation sites is 4. The smallest absolute Gasteiger partial charge is 0.0568 e. The van der Waals surface area contributed by atoms with Crippen LogP contribution >= 0.6 is 0 Å². The average molecular weight is 728 g/mol. The molecule has 0 amide bonds. The lowest BCUT2D eigenvalue weighted by Gasteiger charge is -2.26. The van der Waals surface area contributed by atoms with Gasteiger partial charge in [0, 0.05) is 50.6 Å². The standard InChI is InChI=1S/C54H37N3/c1-5-18-42(19-6-1)55(43-20-7-2-8-21-43)47-34-40-28-29-41-35-48(56(44-22-9-3-10-23-44)45-24-11-4-12-25-45)37-52-54(41)53(40)51(36-47)57(52)46-32-30-39(31-33-46)50-27-15-17-38-16-13-14-26-49(38)50/h1-37H. The van der Waals surface area contributed by atoms with Crippen molar-refractivity contribution in [2.45, 2.75) is 0 Å². The van der Waals surface area contributed by atoms with Gasteiger partial charge in [0.25, 0.3) is 0 Å². The second kappa shape index (κ2) is 13.6. The van der Waals surface area contributed by atoms with Gasteiger partial charge < -0.3 is 14.4 Å². The highest BCUT2D eigenvalue weighted by Gasteiger charge is 2.23.